The van der Waals surface area contributed by atoms with E-state index in [0.717, 1.165) is 24.8 Å². The van der Waals surface area contributed by atoms with Gasteiger partial charge in [-0.05, 0) is 42.0 Å². The molecule has 0 bridgehead atoms. The molecule has 0 amide bonds. The molecule has 0 aliphatic heterocycles. The average Bonchev–Trinajstić information content (AvgIpc) is 2.53. The molecular formula is C20H26O. The Balaban J connectivity index is 2.69. The van der Waals surface area contributed by atoms with E-state index in [1.807, 2.05) is 12.1 Å². The summed E-state index contributed by atoms with van der Waals surface area (Å²) < 4.78 is 0. The van der Waals surface area contributed by atoms with Crippen molar-refractivity contribution in [3.05, 3.63) is 64.7 Å². The van der Waals surface area contributed by atoms with Gasteiger partial charge in [-0.25, -0.2) is 0 Å². The zero-order valence-corrected chi connectivity index (χ0v) is 13.6. The number of benzene rings is 2. The highest BCUT2D eigenvalue weighted by Crippen LogP contribution is 2.41. The quantitative estimate of drug-likeness (QED) is 0.795. The summed E-state index contributed by atoms with van der Waals surface area (Å²) in [6.45, 7) is 8.88. The first-order valence-electron chi connectivity index (χ1n) is 7.98. The van der Waals surface area contributed by atoms with Crippen molar-refractivity contribution in [1.82, 2.24) is 0 Å². The molecule has 0 spiro atoms. The van der Waals surface area contributed by atoms with E-state index in [1.54, 1.807) is 6.07 Å². The van der Waals surface area contributed by atoms with E-state index < -0.39 is 0 Å². The molecule has 0 fully saturated rings. The van der Waals surface area contributed by atoms with Crippen LogP contribution in [0.1, 0.15) is 56.4 Å². The minimum Gasteiger partial charge on any atom is -0.508 e. The first-order chi connectivity index (χ1) is 10.1. The number of rotatable bonds is 5. The number of phenols is 1. The van der Waals surface area contributed by atoms with Crippen molar-refractivity contribution in [1.29, 1.82) is 0 Å². The summed E-state index contributed by atoms with van der Waals surface area (Å²) in [6, 6.07) is 14.4. The number of phenolic OH excluding ortho intramolecular Hbond substituents is 1. The van der Waals surface area contributed by atoms with Crippen LogP contribution in [0.3, 0.4) is 0 Å². The Bertz CT molecular complexity index is 615. The average molecular weight is 282 g/mol. The van der Waals surface area contributed by atoms with E-state index >= 15 is 0 Å². The topological polar surface area (TPSA) is 20.2 Å². The van der Waals surface area contributed by atoms with Crippen molar-refractivity contribution in [3.63, 3.8) is 0 Å². The highest BCUT2D eigenvalue weighted by atomic mass is 16.3. The predicted molar refractivity (Wildman–Crippen MR) is 90.0 cm³/mol. The Morgan fingerprint density at radius 2 is 1.52 bits per heavy atom. The van der Waals surface area contributed by atoms with Gasteiger partial charge < -0.3 is 5.11 Å². The first-order valence-corrected chi connectivity index (χ1v) is 7.98. The van der Waals surface area contributed by atoms with Crippen LogP contribution in [-0.2, 0) is 18.3 Å². The van der Waals surface area contributed by atoms with Crippen LogP contribution in [-0.4, -0.2) is 5.11 Å². The summed E-state index contributed by atoms with van der Waals surface area (Å²) >= 11 is 0. The number of aromatic hydroxyl groups is 1. The van der Waals surface area contributed by atoms with Crippen LogP contribution in [0.4, 0.5) is 0 Å². The van der Waals surface area contributed by atoms with E-state index in [1.165, 1.54) is 16.7 Å². The van der Waals surface area contributed by atoms with E-state index in [0.29, 0.717) is 5.75 Å². The van der Waals surface area contributed by atoms with Crippen LogP contribution < -0.4 is 0 Å². The largest absolute Gasteiger partial charge is 0.508 e. The molecule has 0 aliphatic carbocycles. The van der Waals surface area contributed by atoms with Gasteiger partial charge in [0, 0.05) is 11.0 Å². The minimum absolute atomic E-state index is 0.151. The summed E-state index contributed by atoms with van der Waals surface area (Å²) in [5, 5.41) is 10.3. The number of para-hydroxylation sites is 1. The van der Waals surface area contributed by atoms with Gasteiger partial charge in [0.25, 0.3) is 0 Å². The van der Waals surface area contributed by atoms with Gasteiger partial charge in [-0.15, -0.1) is 0 Å². The Morgan fingerprint density at radius 3 is 2.10 bits per heavy atom. The summed E-state index contributed by atoms with van der Waals surface area (Å²) in [6.07, 6.45) is 3.05. The fourth-order valence-electron chi connectivity index (χ4n) is 3.37. The highest BCUT2D eigenvalue weighted by Gasteiger charge is 2.31. The fraction of sp³-hybridized carbons (Fsp3) is 0.400. The molecule has 1 heteroatoms. The minimum atomic E-state index is -0.151. The lowest BCUT2D eigenvalue weighted by Gasteiger charge is -2.33. The standard InChI is InChI=1S/C20H26O/c1-5-15-11-10-13-17(16(15)6-2)20(4,7-3)18-12-8-9-14-19(18)21/h8-14,21H,5-7H2,1-4H3. The molecule has 1 unspecified atom stereocenters. The summed E-state index contributed by atoms with van der Waals surface area (Å²) in [5.41, 5.74) is 5.09. The molecule has 2 aromatic rings. The Labute approximate surface area is 128 Å². The summed E-state index contributed by atoms with van der Waals surface area (Å²) in [7, 11) is 0. The second-order valence-corrected chi connectivity index (χ2v) is 5.85. The Hall–Kier alpha value is -1.76. The van der Waals surface area contributed by atoms with Gasteiger partial charge in [0.15, 0.2) is 0 Å². The zero-order valence-electron chi connectivity index (χ0n) is 13.6. The van der Waals surface area contributed by atoms with Crippen LogP contribution in [0.15, 0.2) is 42.5 Å². The molecule has 0 aromatic heterocycles. The van der Waals surface area contributed by atoms with Crippen LogP contribution >= 0.6 is 0 Å². The van der Waals surface area contributed by atoms with Crippen LogP contribution in [0.5, 0.6) is 5.75 Å². The number of aryl methyl sites for hydroxylation is 1. The van der Waals surface area contributed by atoms with Crippen molar-refractivity contribution in [2.24, 2.45) is 0 Å². The molecule has 1 atom stereocenters. The third kappa shape index (κ3) is 2.70. The molecule has 0 saturated carbocycles. The van der Waals surface area contributed by atoms with E-state index in [4.69, 9.17) is 0 Å². The van der Waals surface area contributed by atoms with Gasteiger partial charge in [-0.1, -0.05) is 64.1 Å². The maximum atomic E-state index is 10.3. The maximum absolute atomic E-state index is 10.3. The van der Waals surface area contributed by atoms with Crippen molar-refractivity contribution in [2.75, 3.05) is 0 Å². The summed E-state index contributed by atoms with van der Waals surface area (Å²) in [4.78, 5) is 0. The van der Waals surface area contributed by atoms with Crippen molar-refractivity contribution in [2.45, 2.75) is 52.4 Å². The lowest BCUT2D eigenvalue weighted by atomic mass is 9.71. The number of hydrogen-bond donors (Lipinski definition) is 1. The van der Waals surface area contributed by atoms with Gasteiger partial charge in [0.05, 0.1) is 0 Å². The van der Waals surface area contributed by atoms with Crippen LogP contribution in [0.25, 0.3) is 0 Å². The Morgan fingerprint density at radius 1 is 0.857 bits per heavy atom. The molecule has 0 aliphatic rings. The monoisotopic (exact) mass is 282 g/mol. The van der Waals surface area contributed by atoms with Crippen LogP contribution in [0, 0.1) is 0 Å². The van der Waals surface area contributed by atoms with Crippen molar-refractivity contribution < 1.29 is 5.11 Å². The molecule has 2 rings (SSSR count). The van der Waals surface area contributed by atoms with E-state index in [-0.39, 0.29) is 5.41 Å². The van der Waals surface area contributed by atoms with Gasteiger partial charge in [-0.2, -0.15) is 0 Å². The molecule has 0 heterocycles. The van der Waals surface area contributed by atoms with Gasteiger partial charge in [-0.3, -0.25) is 0 Å². The zero-order chi connectivity index (χ0) is 15.5. The van der Waals surface area contributed by atoms with Crippen molar-refractivity contribution >= 4 is 0 Å². The fourth-order valence-corrected chi connectivity index (χ4v) is 3.37. The first kappa shape index (κ1) is 15.6. The molecule has 21 heavy (non-hydrogen) atoms. The molecule has 0 radical (unpaired) electrons. The molecule has 1 nitrogen and oxygen atoms in total. The highest BCUT2D eigenvalue weighted by molar-refractivity contribution is 5.50. The van der Waals surface area contributed by atoms with E-state index in [9.17, 15) is 5.11 Å². The normalized spacial score (nSPS) is 13.9. The van der Waals surface area contributed by atoms with Gasteiger partial charge >= 0.3 is 0 Å². The smallest absolute Gasteiger partial charge is 0.119 e. The lowest BCUT2D eigenvalue weighted by Crippen LogP contribution is -2.25. The van der Waals surface area contributed by atoms with Gasteiger partial charge in [0.1, 0.15) is 5.75 Å². The molecule has 1 N–H and O–H groups in total. The lowest BCUT2D eigenvalue weighted by molar-refractivity contribution is 0.440. The van der Waals surface area contributed by atoms with Crippen LogP contribution in [0.2, 0.25) is 0 Å². The number of hydrogen-bond acceptors (Lipinski definition) is 1. The third-order valence-corrected chi connectivity index (χ3v) is 4.81. The summed E-state index contributed by atoms with van der Waals surface area (Å²) in [5.74, 6) is 0.394. The third-order valence-electron chi connectivity index (χ3n) is 4.81. The maximum Gasteiger partial charge on any atom is 0.119 e. The second kappa shape index (κ2) is 6.34. The predicted octanol–water partition coefficient (Wildman–Crippen LogP) is 5.23. The molecule has 112 valence electrons. The molecular weight excluding hydrogens is 256 g/mol. The molecule has 2 aromatic carbocycles. The van der Waals surface area contributed by atoms with Crippen molar-refractivity contribution in [3.8, 4) is 5.75 Å². The SMILES string of the molecule is CCc1cccc(C(C)(CC)c2ccccc2O)c1CC. The Kier molecular flexibility index (Phi) is 4.72. The molecule has 0 saturated heterocycles. The van der Waals surface area contributed by atoms with Gasteiger partial charge in [0.2, 0.25) is 0 Å². The van der Waals surface area contributed by atoms with E-state index in [2.05, 4.69) is 52.0 Å². The second-order valence-electron chi connectivity index (χ2n) is 5.85.